The molecule has 6 nitrogen and oxygen atoms in total. The molecule has 19 heavy (non-hydrogen) atoms. The van der Waals surface area contributed by atoms with E-state index in [4.69, 9.17) is 5.11 Å². The number of aliphatic carboxylic acids is 1. The van der Waals surface area contributed by atoms with E-state index >= 15 is 0 Å². The average Bonchev–Trinajstić information content (AvgIpc) is 2.70. The minimum absolute atomic E-state index is 0.221. The summed E-state index contributed by atoms with van der Waals surface area (Å²) in [5, 5.41) is 15.8. The van der Waals surface area contributed by atoms with Gasteiger partial charge >= 0.3 is 5.97 Å². The largest absolute Gasteiger partial charge is 0.480 e. The highest BCUT2D eigenvalue weighted by atomic mass is 16.4. The van der Waals surface area contributed by atoms with Crippen LogP contribution >= 0.6 is 0 Å². The monoisotopic (exact) mass is 267 g/mol. The van der Waals surface area contributed by atoms with Crippen molar-refractivity contribution in [1.29, 1.82) is 0 Å². The third-order valence-electron chi connectivity index (χ3n) is 2.90. The molecule has 0 aliphatic heterocycles. The molecule has 6 heteroatoms. The van der Waals surface area contributed by atoms with Crippen molar-refractivity contribution in [3.63, 3.8) is 0 Å². The highest BCUT2D eigenvalue weighted by Crippen LogP contribution is 2.14. The van der Waals surface area contributed by atoms with Crippen molar-refractivity contribution in [2.45, 2.75) is 45.6 Å². The van der Waals surface area contributed by atoms with Crippen molar-refractivity contribution < 1.29 is 14.7 Å². The predicted octanol–water partition coefficient (Wildman–Crippen LogP) is 1.53. The summed E-state index contributed by atoms with van der Waals surface area (Å²) in [6.07, 6.45) is 1.11. The maximum atomic E-state index is 12.1. The van der Waals surface area contributed by atoms with E-state index in [1.54, 1.807) is 13.1 Å². The fraction of sp³-hybridized carbons (Fsp3) is 0.615. The molecule has 0 saturated carbocycles. The summed E-state index contributed by atoms with van der Waals surface area (Å²) in [6.45, 7) is 5.85. The van der Waals surface area contributed by atoms with Gasteiger partial charge in [0.15, 0.2) is 0 Å². The molecule has 2 N–H and O–H groups in total. The lowest BCUT2D eigenvalue weighted by Gasteiger charge is -2.13. The van der Waals surface area contributed by atoms with Crippen LogP contribution in [-0.2, 0) is 11.8 Å². The van der Waals surface area contributed by atoms with Gasteiger partial charge in [0.25, 0.3) is 5.91 Å². The van der Waals surface area contributed by atoms with Crippen molar-refractivity contribution in [1.82, 2.24) is 15.1 Å². The summed E-state index contributed by atoms with van der Waals surface area (Å²) in [4.78, 5) is 23.1. The quantitative estimate of drug-likeness (QED) is 0.818. The Morgan fingerprint density at radius 2 is 2.11 bits per heavy atom. The Hall–Kier alpha value is -1.85. The number of aromatic nitrogens is 2. The van der Waals surface area contributed by atoms with E-state index in [2.05, 4.69) is 10.4 Å². The first-order valence-electron chi connectivity index (χ1n) is 6.44. The summed E-state index contributed by atoms with van der Waals surface area (Å²) in [5.74, 6) is -1.19. The van der Waals surface area contributed by atoms with Crippen molar-refractivity contribution in [3.05, 3.63) is 17.5 Å². The number of amides is 1. The van der Waals surface area contributed by atoms with Crippen LogP contribution in [0.3, 0.4) is 0 Å². The van der Waals surface area contributed by atoms with Gasteiger partial charge in [-0.2, -0.15) is 5.10 Å². The number of hydrogen-bond acceptors (Lipinski definition) is 3. The second-order valence-electron chi connectivity index (χ2n) is 4.89. The minimum atomic E-state index is -1.01. The lowest BCUT2D eigenvalue weighted by Crippen LogP contribution is -2.41. The van der Waals surface area contributed by atoms with Gasteiger partial charge < -0.3 is 10.4 Å². The van der Waals surface area contributed by atoms with Gasteiger partial charge in [0.1, 0.15) is 11.7 Å². The first kappa shape index (κ1) is 15.2. The molecule has 1 aromatic heterocycles. The first-order valence-corrected chi connectivity index (χ1v) is 6.44. The number of carbonyl (C=O) groups is 2. The lowest BCUT2D eigenvalue weighted by molar-refractivity contribution is -0.139. The number of carboxylic acid groups (broad SMARTS) is 1. The van der Waals surface area contributed by atoms with Gasteiger partial charge in [-0.15, -0.1) is 0 Å². The highest BCUT2D eigenvalue weighted by molar-refractivity contribution is 5.95. The van der Waals surface area contributed by atoms with E-state index < -0.39 is 17.9 Å². The van der Waals surface area contributed by atoms with Gasteiger partial charge in [-0.05, 0) is 18.4 Å². The normalized spacial score (nSPS) is 12.5. The molecule has 1 amide bonds. The fourth-order valence-electron chi connectivity index (χ4n) is 1.76. The molecular weight excluding hydrogens is 246 g/mol. The van der Waals surface area contributed by atoms with Gasteiger partial charge in [0.2, 0.25) is 0 Å². The smallest absolute Gasteiger partial charge is 0.326 e. The SMILES string of the molecule is CCCC(NC(=O)c1cc(C(C)C)nn1C)C(=O)O. The van der Waals surface area contributed by atoms with Crippen LogP contribution in [0.2, 0.25) is 0 Å². The van der Waals surface area contributed by atoms with E-state index in [9.17, 15) is 9.59 Å². The Morgan fingerprint density at radius 3 is 2.53 bits per heavy atom. The third-order valence-corrected chi connectivity index (χ3v) is 2.90. The van der Waals surface area contributed by atoms with Crippen LogP contribution in [-0.4, -0.2) is 32.8 Å². The van der Waals surface area contributed by atoms with Gasteiger partial charge in [-0.1, -0.05) is 27.2 Å². The average molecular weight is 267 g/mol. The maximum absolute atomic E-state index is 12.1. The summed E-state index contributed by atoms with van der Waals surface area (Å²) < 4.78 is 1.48. The van der Waals surface area contributed by atoms with Crippen LogP contribution in [0.1, 0.15) is 55.7 Å². The zero-order valence-electron chi connectivity index (χ0n) is 11.8. The molecule has 0 aliphatic rings. The van der Waals surface area contributed by atoms with Crippen molar-refractivity contribution in [2.24, 2.45) is 7.05 Å². The van der Waals surface area contributed by atoms with Crippen LogP contribution in [0, 0.1) is 0 Å². The van der Waals surface area contributed by atoms with E-state index in [1.165, 1.54) is 4.68 Å². The molecule has 1 atom stereocenters. The van der Waals surface area contributed by atoms with Gasteiger partial charge in [-0.25, -0.2) is 4.79 Å². The molecule has 0 aromatic carbocycles. The van der Waals surface area contributed by atoms with Crippen LogP contribution in [0.25, 0.3) is 0 Å². The lowest BCUT2D eigenvalue weighted by atomic mass is 10.1. The van der Waals surface area contributed by atoms with Crippen LogP contribution in [0.4, 0.5) is 0 Å². The van der Waals surface area contributed by atoms with E-state index in [0.717, 1.165) is 5.69 Å². The summed E-state index contributed by atoms with van der Waals surface area (Å²) in [5.41, 5.74) is 1.20. The van der Waals surface area contributed by atoms with Gasteiger partial charge in [0, 0.05) is 7.05 Å². The van der Waals surface area contributed by atoms with Crippen molar-refractivity contribution in [2.75, 3.05) is 0 Å². The molecule has 0 saturated heterocycles. The minimum Gasteiger partial charge on any atom is -0.480 e. The zero-order chi connectivity index (χ0) is 14.6. The maximum Gasteiger partial charge on any atom is 0.326 e. The van der Waals surface area contributed by atoms with E-state index in [1.807, 2.05) is 20.8 Å². The number of aryl methyl sites for hydroxylation is 1. The number of nitrogens with zero attached hydrogens (tertiary/aromatic N) is 2. The molecule has 0 spiro atoms. The Kier molecular flexibility index (Phi) is 5.09. The van der Waals surface area contributed by atoms with E-state index in [0.29, 0.717) is 18.5 Å². The molecule has 0 fully saturated rings. The number of nitrogens with one attached hydrogen (secondary N) is 1. The Balaban J connectivity index is 2.85. The summed E-state index contributed by atoms with van der Waals surface area (Å²) in [7, 11) is 1.68. The van der Waals surface area contributed by atoms with Gasteiger partial charge in [0.05, 0.1) is 5.69 Å². The number of rotatable bonds is 6. The molecular formula is C13H21N3O3. The Labute approximate surface area is 112 Å². The molecule has 0 bridgehead atoms. The predicted molar refractivity (Wildman–Crippen MR) is 71.1 cm³/mol. The highest BCUT2D eigenvalue weighted by Gasteiger charge is 2.22. The second kappa shape index (κ2) is 6.36. The molecule has 1 unspecified atom stereocenters. The molecule has 1 heterocycles. The molecule has 106 valence electrons. The summed E-state index contributed by atoms with van der Waals surface area (Å²) in [6, 6.07) is 0.847. The number of carboxylic acids is 1. The Morgan fingerprint density at radius 1 is 1.47 bits per heavy atom. The van der Waals surface area contributed by atoms with Crippen LogP contribution in [0.15, 0.2) is 6.07 Å². The van der Waals surface area contributed by atoms with Crippen LogP contribution in [0.5, 0.6) is 0 Å². The topological polar surface area (TPSA) is 84.2 Å². The Bertz CT molecular complexity index is 466. The van der Waals surface area contributed by atoms with E-state index in [-0.39, 0.29) is 5.92 Å². The molecule has 1 aromatic rings. The van der Waals surface area contributed by atoms with Crippen molar-refractivity contribution in [3.8, 4) is 0 Å². The summed E-state index contributed by atoms with van der Waals surface area (Å²) >= 11 is 0. The standard InChI is InChI=1S/C13H21N3O3/c1-5-6-9(13(18)19)14-12(17)11-7-10(8(2)3)15-16(11)4/h7-9H,5-6H2,1-4H3,(H,14,17)(H,18,19). The van der Waals surface area contributed by atoms with Crippen LogP contribution < -0.4 is 5.32 Å². The zero-order valence-corrected chi connectivity index (χ0v) is 11.8. The molecule has 1 rings (SSSR count). The first-order chi connectivity index (χ1) is 8.86. The number of hydrogen-bond donors (Lipinski definition) is 2. The molecule has 0 radical (unpaired) electrons. The number of carbonyl (C=O) groups excluding carboxylic acids is 1. The fourth-order valence-corrected chi connectivity index (χ4v) is 1.76. The van der Waals surface area contributed by atoms with Crippen molar-refractivity contribution >= 4 is 11.9 Å². The third kappa shape index (κ3) is 3.81. The molecule has 0 aliphatic carbocycles. The van der Waals surface area contributed by atoms with Gasteiger partial charge in [-0.3, -0.25) is 9.48 Å². The second-order valence-corrected chi connectivity index (χ2v) is 4.89.